The van der Waals surface area contributed by atoms with Crippen molar-refractivity contribution in [3.8, 4) is 11.5 Å². The molecule has 2 aromatic rings. The second kappa shape index (κ2) is 12.6. The molecule has 0 fully saturated rings. The third kappa shape index (κ3) is 6.87. The van der Waals surface area contributed by atoms with Crippen molar-refractivity contribution in [2.24, 2.45) is 0 Å². The number of hydrogen-bond acceptors (Lipinski definition) is 6. The molecule has 1 aromatic heterocycles. The molecule has 0 spiro atoms. The summed E-state index contributed by atoms with van der Waals surface area (Å²) in [5.41, 5.74) is 1.12. The SMILES string of the molecule is COCCCN(CC(=O)N1CCc2sccc2C1COc1cccc(OC)c1)C(=O)NC(C)C. The van der Waals surface area contributed by atoms with Gasteiger partial charge in [-0.1, -0.05) is 6.07 Å². The lowest BCUT2D eigenvalue weighted by Gasteiger charge is -2.37. The number of carbonyl (C=O) groups excluding carboxylic acids is 2. The Morgan fingerprint density at radius 2 is 2.03 bits per heavy atom. The number of thiophene rings is 1. The number of benzene rings is 1. The molecular weight excluding hydrogens is 454 g/mol. The Morgan fingerprint density at radius 1 is 1.24 bits per heavy atom. The lowest BCUT2D eigenvalue weighted by molar-refractivity contribution is -0.135. The van der Waals surface area contributed by atoms with Crippen LogP contribution in [0.2, 0.25) is 0 Å². The fourth-order valence-electron chi connectivity index (χ4n) is 3.99. The van der Waals surface area contributed by atoms with Gasteiger partial charge in [-0.3, -0.25) is 4.79 Å². The molecule has 0 saturated carbocycles. The highest BCUT2D eigenvalue weighted by atomic mass is 32.1. The van der Waals surface area contributed by atoms with Crippen LogP contribution < -0.4 is 14.8 Å². The molecule has 1 aliphatic heterocycles. The number of urea groups is 1. The number of methoxy groups -OCH3 is 2. The summed E-state index contributed by atoms with van der Waals surface area (Å²) in [6.45, 7) is 5.71. The van der Waals surface area contributed by atoms with Crippen LogP contribution >= 0.6 is 11.3 Å². The van der Waals surface area contributed by atoms with Gasteiger partial charge in [-0.2, -0.15) is 0 Å². The van der Waals surface area contributed by atoms with Crippen molar-refractivity contribution < 1.29 is 23.8 Å². The maximum Gasteiger partial charge on any atom is 0.318 e. The number of hydrogen-bond donors (Lipinski definition) is 1. The minimum Gasteiger partial charge on any atom is -0.497 e. The first-order valence-corrected chi connectivity index (χ1v) is 12.5. The zero-order valence-corrected chi connectivity index (χ0v) is 21.2. The van der Waals surface area contributed by atoms with Crippen LogP contribution in [-0.2, 0) is 16.0 Å². The molecule has 1 N–H and O–H groups in total. The van der Waals surface area contributed by atoms with Crippen LogP contribution in [0.25, 0.3) is 0 Å². The third-order valence-corrected chi connectivity index (χ3v) is 6.66. The first kappa shape index (κ1) is 25.8. The van der Waals surface area contributed by atoms with Crippen LogP contribution in [0.3, 0.4) is 0 Å². The Kier molecular flexibility index (Phi) is 9.59. The Morgan fingerprint density at radius 3 is 2.76 bits per heavy atom. The Balaban J connectivity index is 1.74. The summed E-state index contributed by atoms with van der Waals surface area (Å²) >= 11 is 1.71. The molecule has 0 saturated heterocycles. The van der Waals surface area contributed by atoms with E-state index < -0.39 is 0 Å². The van der Waals surface area contributed by atoms with Gasteiger partial charge in [-0.15, -0.1) is 11.3 Å². The fraction of sp³-hybridized carbons (Fsp3) is 0.520. The fourth-order valence-corrected chi connectivity index (χ4v) is 4.91. The molecule has 1 aromatic carbocycles. The van der Waals surface area contributed by atoms with E-state index in [1.54, 1.807) is 30.5 Å². The minimum absolute atomic E-state index is 0.0113. The summed E-state index contributed by atoms with van der Waals surface area (Å²) in [5.74, 6) is 1.31. The lowest BCUT2D eigenvalue weighted by Crippen LogP contribution is -2.51. The van der Waals surface area contributed by atoms with Crippen LogP contribution in [0, 0.1) is 0 Å². The molecule has 1 atom stereocenters. The zero-order chi connectivity index (χ0) is 24.5. The van der Waals surface area contributed by atoms with Gasteiger partial charge in [0.1, 0.15) is 24.7 Å². The first-order valence-electron chi connectivity index (χ1n) is 11.6. The summed E-state index contributed by atoms with van der Waals surface area (Å²) < 4.78 is 16.5. The standard InChI is InChI=1S/C25H35N3O5S/c1-18(2)26-25(30)27(11-6-13-31-3)16-24(29)28-12-9-23-21(10-14-34-23)22(28)17-33-20-8-5-7-19(15-20)32-4/h5,7-8,10,14-15,18,22H,6,9,11-13,16-17H2,1-4H3,(H,26,30). The zero-order valence-electron chi connectivity index (χ0n) is 20.4. The Bertz CT molecular complexity index is 948. The highest BCUT2D eigenvalue weighted by Crippen LogP contribution is 2.34. The number of ether oxygens (including phenoxy) is 3. The van der Waals surface area contributed by atoms with E-state index in [0.717, 1.165) is 12.0 Å². The lowest BCUT2D eigenvalue weighted by atomic mass is 10.0. The van der Waals surface area contributed by atoms with Gasteiger partial charge >= 0.3 is 6.03 Å². The smallest absolute Gasteiger partial charge is 0.318 e. The summed E-state index contributed by atoms with van der Waals surface area (Å²) in [7, 11) is 3.24. The van der Waals surface area contributed by atoms with Crippen LogP contribution in [-0.4, -0.2) is 74.8 Å². The minimum atomic E-state index is -0.239. The summed E-state index contributed by atoms with van der Waals surface area (Å²) in [4.78, 5) is 30.9. The second-order valence-electron chi connectivity index (χ2n) is 8.51. The third-order valence-electron chi connectivity index (χ3n) is 5.67. The van der Waals surface area contributed by atoms with E-state index >= 15 is 0 Å². The molecule has 186 valence electrons. The Labute approximate surface area is 205 Å². The normalized spacial score (nSPS) is 15.1. The van der Waals surface area contributed by atoms with Crippen LogP contribution in [0.15, 0.2) is 35.7 Å². The largest absolute Gasteiger partial charge is 0.497 e. The molecule has 34 heavy (non-hydrogen) atoms. The van der Waals surface area contributed by atoms with Gasteiger partial charge in [-0.25, -0.2) is 4.79 Å². The molecule has 9 heteroatoms. The van der Waals surface area contributed by atoms with Gasteiger partial charge in [0.25, 0.3) is 0 Å². The molecule has 3 amide bonds. The quantitative estimate of drug-likeness (QED) is 0.487. The molecule has 1 unspecified atom stereocenters. The van der Waals surface area contributed by atoms with Crippen LogP contribution in [0.5, 0.6) is 11.5 Å². The van der Waals surface area contributed by atoms with Gasteiger partial charge < -0.3 is 29.3 Å². The van der Waals surface area contributed by atoms with Crippen molar-refractivity contribution in [3.63, 3.8) is 0 Å². The molecule has 8 nitrogen and oxygen atoms in total. The number of carbonyl (C=O) groups is 2. The molecule has 2 heterocycles. The van der Waals surface area contributed by atoms with E-state index in [4.69, 9.17) is 14.2 Å². The van der Waals surface area contributed by atoms with E-state index in [2.05, 4.69) is 16.8 Å². The molecule has 0 bridgehead atoms. The highest BCUT2D eigenvalue weighted by Gasteiger charge is 2.33. The molecule has 0 aliphatic carbocycles. The van der Waals surface area contributed by atoms with Gasteiger partial charge in [0.15, 0.2) is 0 Å². The average Bonchev–Trinajstić information content (AvgIpc) is 3.30. The van der Waals surface area contributed by atoms with Crippen molar-refractivity contribution in [3.05, 3.63) is 46.2 Å². The van der Waals surface area contributed by atoms with Crippen molar-refractivity contribution in [2.75, 3.05) is 47.1 Å². The van der Waals surface area contributed by atoms with E-state index in [1.165, 1.54) is 4.88 Å². The highest BCUT2D eigenvalue weighted by molar-refractivity contribution is 7.10. The average molecular weight is 490 g/mol. The van der Waals surface area contributed by atoms with Crippen molar-refractivity contribution in [1.82, 2.24) is 15.1 Å². The van der Waals surface area contributed by atoms with Gasteiger partial charge in [0.2, 0.25) is 5.91 Å². The van der Waals surface area contributed by atoms with Gasteiger partial charge in [-0.05, 0) is 55.8 Å². The van der Waals surface area contributed by atoms with Gasteiger partial charge in [0.05, 0.1) is 13.2 Å². The summed E-state index contributed by atoms with van der Waals surface area (Å²) in [5, 5.41) is 4.96. The number of rotatable bonds is 11. The van der Waals surface area contributed by atoms with E-state index in [1.807, 2.05) is 43.0 Å². The van der Waals surface area contributed by atoms with Crippen molar-refractivity contribution in [1.29, 1.82) is 0 Å². The van der Waals surface area contributed by atoms with Gasteiger partial charge in [0, 0.05) is 43.8 Å². The molecule has 1 aliphatic rings. The van der Waals surface area contributed by atoms with Crippen molar-refractivity contribution in [2.45, 2.75) is 38.8 Å². The number of nitrogens with one attached hydrogen (secondary N) is 1. The van der Waals surface area contributed by atoms with E-state index in [9.17, 15) is 9.59 Å². The van der Waals surface area contributed by atoms with E-state index in [0.29, 0.717) is 44.2 Å². The molecule has 0 radical (unpaired) electrons. The first-order chi connectivity index (χ1) is 16.4. The van der Waals surface area contributed by atoms with Crippen LogP contribution in [0.1, 0.15) is 36.8 Å². The number of fused-ring (bicyclic) bond motifs is 1. The number of amides is 3. The topological polar surface area (TPSA) is 80.3 Å². The monoisotopic (exact) mass is 489 g/mol. The molecule has 3 rings (SSSR count). The maximum absolute atomic E-state index is 13.5. The predicted octanol–water partition coefficient (Wildman–Crippen LogP) is 3.72. The number of nitrogens with zero attached hydrogens (tertiary/aromatic N) is 2. The predicted molar refractivity (Wildman–Crippen MR) is 133 cm³/mol. The van der Waals surface area contributed by atoms with Crippen molar-refractivity contribution >= 4 is 23.3 Å². The second-order valence-corrected chi connectivity index (χ2v) is 9.51. The summed E-state index contributed by atoms with van der Waals surface area (Å²) in [6.07, 6.45) is 1.46. The molecular formula is C25H35N3O5S. The maximum atomic E-state index is 13.5. The van der Waals surface area contributed by atoms with E-state index in [-0.39, 0.29) is 30.6 Å². The van der Waals surface area contributed by atoms with Crippen LogP contribution in [0.4, 0.5) is 4.79 Å². The Hall–Kier alpha value is -2.78. The summed E-state index contributed by atoms with van der Waals surface area (Å²) in [6, 6.07) is 9.04.